The molecular weight excluding hydrogens is 211 g/mol. The molecule has 2 heterocycles. The monoisotopic (exact) mass is 224 g/mol. The number of pyridine rings is 1. The van der Waals surface area contributed by atoms with Crippen molar-refractivity contribution in [1.29, 1.82) is 0 Å². The Balaban J connectivity index is 2.14. The van der Waals surface area contributed by atoms with E-state index in [1.807, 2.05) is 4.90 Å². The number of carboxylic acids is 1. The largest absolute Gasteiger partial charge is 0.477 e. The van der Waals surface area contributed by atoms with Gasteiger partial charge in [0.15, 0.2) is 0 Å². The second-order valence-electron chi connectivity index (χ2n) is 3.87. The first-order chi connectivity index (χ1) is 7.66. The van der Waals surface area contributed by atoms with Gasteiger partial charge in [0, 0.05) is 25.0 Å². The topological polar surface area (TPSA) is 53.4 Å². The molecule has 0 atom stereocenters. The Morgan fingerprint density at radius 3 is 2.81 bits per heavy atom. The van der Waals surface area contributed by atoms with Crippen LogP contribution >= 0.6 is 0 Å². The molecule has 86 valence electrons. The van der Waals surface area contributed by atoms with Gasteiger partial charge in [-0.1, -0.05) is 0 Å². The summed E-state index contributed by atoms with van der Waals surface area (Å²) < 4.78 is 12.9. The molecule has 1 aromatic heterocycles. The Morgan fingerprint density at radius 1 is 1.50 bits per heavy atom. The number of hydrogen-bond donors (Lipinski definition) is 1. The maximum Gasteiger partial charge on any atom is 0.354 e. The molecule has 1 saturated heterocycles. The molecule has 1 N–H and O–H groups in total. The Bertz CT molecular complexity index is 389. The Morgan fingerprint density at radius 2 is 2.19 bits per heavy atom. The highest BCUT2D eigenvalue weighted by atomic mass is 19.1. The molecule has 1 aliphatic rings. The average Bonchev–Trinajstić information content (AvgIpc) is 2.30. The molecule has 1 aromatic rings. The lowest BCUT2D eigenvalue weighted by Crippen LogP contribution is -2.34. The van der Waals surface area contributed by atoms with Gasteiger partial charge in [-0.3, -0.25) is 0 Å². The lowest BCUT2D eigenvalue weighted by Gasteiger charge is -2.30. The number of halogens is 1. The first-order valence-corrected chi connectivity index (χ1v) is 5.25. The van der Waals surface area contributed by atoms with Gasteiger partial charge in [-0.15, -0.1) is 0 Å². The fraction of sp³-hybridized carbons (Fsp3) is 0.455. The second kappa shape index (κ2) is 4.47. The van der Waals surface area contributed by atoms with Crippen LogP contribution in [0.3, 0.4) is 0 Å². The number of anilines is 1. The third-order valence-corrected chi connectivity index (χ3v) is 2.75. The maximum absolute atomic E-state index is 12.9. The highest BCUT2D eigenvalue weighted by molar-refractivity contribution is 5.86. The third kappa shape index (κ3) is 2.29. The number of hydrogen-bond acceptors (Lipinski definition) is 3. The van der Waals surface area contributed by atoms with E-state index in [4.69, 9.17) is 5.11 Å². The van der Waals surface area contributed by atoms with Crippen molar-refractivity contribution in [2.75, 3.05) is 18.0 Å². The molecule has 0 unspecified atom stereocenters. The number of nitrogens with zero attached hydrogens (tertiary/aromatic N) is 2. The molecule has 2 rings (SSSR count). The summed E-state index contributed by atoms with van der Waals surface area (Å²) in [5.41, 5.74) is 0.833. The van der Waals surface area contributed by atoms with Crippen molar-refractivity contribution < 1.29 is 14.3 Å². The number of alkyl halides is 1. The molecule has 0 aliphatic carbocycles. The number of piperidine rings is 1. The Hall–Kier alpha value is -1.65. The fourth-order valence-corrected chi connectivity index (χ4v) is 1.84. The van der Waals surface area contributed by atoms with Crippen LogP contribution in [-0.2, 0) is 0 Å². The van der Waals surface area contributed by atoms with Crippen LogP contribution in [0.15, 0.2) is 18.3 Å². The van der Waals surface area contributed by atoms with Gasteiger partial charge in [-0.05, 0) is 25.0 Å². The van der Waals surface area contributed by atoms with E-state index in [2.05, 4.69) is 4.98 Å². The zero-order valence-corrected chi connectivity index (χ0v) is 8.77. The van der Waals surface area contributed by atoms with Crippen LogP contribution in [0.1, 0.15) is 23.3 Å². The summed E-state index contributed by atoms with van der Waals surface area (Å²) in [6.45, 7) is 1.26. The van der Waals surface area contributed by atoms with Crippen LogP contribution < -0.4 is 4.90 Å². The summed E-state index contributed by atoms with van der Waals surface area (Å²) in [4.78, 5) is 16.5. The Kier molecular flexibility index (Phi) is 3.03. The molecule has 0 aromatic carbocycles. The minimum Gasteiger partial charge on any atom is -0.477 e. The third-order valence-electron chi connectivity index (χ3n) is 2.75. The summed E-state index contributed by atoms with van der Waals surface area (Å²) in [5.74, 6) is -1.04. The van der Waals surface area contributed by atoms with Crippen molar-refractivity contribution in [3.8, 4) is 0 Å². The molecule has 1 fully saturated rings. The van der Waals surface area contributed by atoms with Crippen LogP contribution in [0.2, 0.25) is 0 Å². The van der Waals surface area contributed by atoms with E-state index in [1.165, 1.54) is 12.3 Å². The van der Waals surface area contributed by atoms with Gasteiger partial charge in [0.25, 0.3) is 0 Å². The van der Waals surface area contributed by atoms with E-state index in [9.17, 15) is 9.18 Å². The SMILES string of the molecule is O=C(O)c1cc(N2CCC(F)CC2)ccn1. The van der Waals surface area contributed by atoms with Gasteiger partial charge < -0.3 is 10.0 Å². The van der Waals surface area contributed by atoms with Crippen molar-refractivity contribution in [3.63, 3.8) is 0 Å². The quantitative estimate of drug-likeness (QED) is 0.831. The molecule has 5 heteroatoms. The van der Waals surface area contributed by atoms with Crippen LogP contribution in [0.25, 0.3) is 0 Å². The van der Waals surface area contributed by atoms with Crippen molar-refractivity contribution in [1.82, 2.24) is 4.98 Å². The molecule has 4 nitrogen and oxygen atoms in total. The maximum atomic E-state index is 12.9. The fourth-order valence-electron chi connectivity index (χ4n) is 1.84. The standard InChI is InChI=1S/C11H13FN2O2/c12-8-2-5-14(6-3-8)9-1-4-13-10(7-9)11(15)16/h1,4,7-8H,2-3,5-6H2,(H,15,16). The second-order valence-corrected chi connectivity index (χ2v) is 3.87. The summed E-state index contributed by atoms with van der Waals surface area (Å²) in [7, 11) is 0. The van der Waals surface area contributed by atoms with E-state index in [0.717, 1.165) is 5.69 Å². The first kappa shape index (κ1) is 10.9. The van der Waals surface area contributed by atoms with Gasteiger partial charge in [-0.2, -0.15) is 0 Å². The Labute approximate surface area is 92.7 Å². The average molecular weight is 224 g/mol. The van der Waals surface area contributed by atoms with Crippen molar-refractivity contribution in [2.24, 2.45) is 0 Å². The van der Waals surface area contributed by atoms with E-state index < -0.39 is 12.1 Å². The molecule has 0 bridgehead atoms. The van der Waals surface area contributed by atoms with Gasteiger partial charge in [0.05, 0.1) is 0 Å². The van der Waals surface area contributed by atoms with Crippen LogP contribution in [0, 0.1) is 0 Å². The van der Waals surface area contributed by atoms with Gasteiger partial charge in [0.1, 0.15) is 11.9 Å². The zero-order valence-electron chi connectivity index (χ0n) is 8.77. The molecule has 16 heavy (non-hydrogen) atoms. The normalized spacial score (nSPS) is 17.4. The van der Waals surface area contributed by atoms with Crippen molar-refractivity contribution in [3.05, 3.63) is 24.0 Å². The van der Waals surface area contributed by atoms with E-state index in [-0.39, 0.29) is 5.69 Å². The van der Waals surface area contributed by atoms with Crippen molar-refractivity contribution >= 4 is 11.7 Å². The minimum atomic E-state index is -1.04. The predicted molar refractivity (Wildman–Crippen MR) is 57.5 cm³/mol. The summed E-state index contributed by atoms with van der Waals surface area (Å²) >= 11 is 0. The molecule has 0 spiro atoms. The molecule has 0 radical (unpaired) electrons. The molecule has 0 saturated carbocycles. The highest BCUT2D eigenvalue weighted by Crippen LogP contribution is 2.21. The lowest BCUT2D eigenvalue weighted by atomic mass is 10.1. The van der Waals surface area contributed by atoms with Crippen molar-refractivity contribution in [2.45, 2.75) is 19.0 Å². The van der Waals surface area contributed by atoms with E-state index in [0.29, 0.717) is 25.9 Å². The lowest BCUT2D eigenvalue weighted by molar-refractivity contribution is 0.0690. The van der Waals surface area contributed by atoms with Gasteiger partial charge >= 0.3 is 5.97 Å². The highest BCUT2D eigenvalue weighted by Gasteiger charge is 2.19. The van der Waals surface area contributed by atoms with Crippen LogP contribution in [-0.4, -0.2) is 35.3 Å². The van der Waals surface area contributed by atoms with Crippen LogP contribution in [0.4, 0.5) is 10.1 Å². The van der Waals surface area contributed by atoms with E-state index >= 15 is 0 Å². The molecule has 0 amide bonds. The minimum absolute atomic E-state index is 0.0277. The number of carboxylic acid groups (broad SMARTS) is 1. The number of aromatic nitrogens is 1. The molecular formula is C11H13FN2O2. The van der Waals surface area contributed by atoms with Gasteiger partial charge in [0.2, 0.25) is 0 Å². The smallest absolute Gasteiger partial charge is 0.354 e. The summed E-state index contributed by atoms with van der Waals surface area (Å²) in [6.07, 6.45) is 1.76. The van der Waals surface area contributed by atoms with Crippen LogP contribution in [0.5, 0.6) is 0 Å². The molecule has 1 aliphatic heterocycles. The summed E-state index contributed by atoms with van der Waals surface area (Å²) in [6, 6.07) is 3.28. The van der Waals surface area contributed by atoms with Gasteiger partial charge in [-0.25, -0.2) is 14.2 Å². The summed E-state index contributed by atoms with van der Waals surface area (Å²) in [5, 5.41) is 8.81. The predicted octanol–water partition coefficient (Wildman–Crippen LogP) is 1.72. The number of rotatable bonds is 2. The number of aromatic carboxylic acids is 1. The zero-order chi connectivity index (χ0) is 11.5. The van der Waals surface area contributed by atoms with E-state index in [1.54, 1.807) is 6.07 Å². The number of carbonyl (C=O) groups is 1. The first-order valence-electron chi connectivity index (χ1n) is 5.25.